The van der Waals surface area contributed by atoms with Crippen LogP contribution in [0.4, 0.5) is 5.69 Å². The molecule has 2 N–H and O–H groups in total. The lowest BCUT2D eigenvalue weighted by molar-refractivity contribution is -0.120. The summed E-state index contributed by atoms with van der Waals surface area (Å²) in [6.07, 6.45) is 0.343. The zero-order chi connectivity index (χ0) is 18.8. The molecule has 5 nitrogen and oxygen atoms in total. The van der Waals surface area contributed by atoms with Crippen molar-refractivity contribution in [2.24, 2.45) is 0 Å². The summed E-state index contributed by atoms with van der Waals surface area (Å²) in [6, 6.07) is 15.0. The molecule has 0 aliphatic rings. The van der Waals surface area contributed by atoms with Gasteiger partial charge in [0.05, 0.1) is 13.0 Å². The Bertz CT molecular complexity index is 834. The Morgan fingerprint density at radius 3 is 2.65 bits per heavy atom. The van der Waals surface area contributed by atoms with Crippen molar-refractivity contribution in [3.8, 4) is 17.6 Å². The van der Waals surface area contributed by atoms with Crippen molar-refractivity contribution >= 4 is 17.5 Å². The van der Waals surface area contributed by atoms with Crippen LogP contribution < -0.4 is 15.4 Å². The van der Waals surface area contributed by atoms with Crippen LogP contribution in [-0.2, 0) is 16.0 Å². The highest BCUT2D eigenvalue weighted by molar-refractivity contribution is 5.88. The fourth-order valence-corrected chi connectivity index (χ4v) is 2.31. The molecule has 0 bridgehead atoms. The van der Waals surface area contributed by atoms with Gasteiger partial charge < -0.3 is 15.4 Å². The van der Waals surface area contributed by atoms with Gasteiger partial charge in [-0.05, 0) is 24.6 Å². The summed E-state index contributed by atoms with van der Waals surface area (Å²) < 4.78 is 5.51. The van der Waals surface area contributed by atoms with E-state index in [2.05, 4.69) is 22.5 Å². The highest BCUT2D eigenvalue weighted by Crippen LogP contribution is 2.16. The van der Waals surface area contributed by atoms with E-state index < -0.39 is 0 Å². The van der Waals surface area contributed by atoms with E-state index in [4.69, 9.17) is 4.74 Å². The second kappa shape index (κ2) is 9.90. The predicted molar refractivity (Wildman–Crippen MR) is 102 cm³/mol. The van der Waals surface area contributed by atoms with Crippen molar-refractivity contribution in [3.05, 3.63) is 59.7 Å². The van der Waals surface area contributed by atoms with Gasteiger partial charge in [-0.2, -0.15) is 0 Å². The molecule has 0 saturated carbocycles. The van der Waals surface area contributed by atoms with Gasteiger partial charge in [0.15, 0.2) is 0 Å². The molecule has 0 unspecified atom stereocenters. The number of nitrogens with one attached hydrogen (secondary N) is 2. The van der Waals surface area contributed by atoms with Crippen LogP contribution in [0.1, 0.15) is 18.1 Å². The largest absolute Gasteiger partial charge is 0.481 e. The molecular weight excluding hydrogens is 328 g/mol. The third-order valence-electron chi connectivity index (χ3n) is 3.41. The molecule has 0 atom stereocenters. The van der Waals surface area contributed by atoms with E-state index in [1.807, 2.05) is 31.2 Å². The second-order valence-corrected chi connectivity index (χ2v) is 5.79. The van der Waals surface area contributed by atoms with Crippen LogP contribution in [0.2, 0.25) is 0 Å². The van der Waals surface area contributed by atoms with Crippen molar-refractivity contribution in [2.75, 3.05) is 18.5 Å². The zero-order valence-electron chi connectivity index (χ0n) is 15.0. The smallest absolute Gasteiger partial charge is 0.225 e. The first-order valence-electron chi connectivity index (χ1n) is 8.31. The van der Waals surface area contributed by atoms with Gasteiger partial charge in [0.1, 0.15) is 12.4 Å². The second-order valence-electron chi connectivity index (χ2n) is 5.79. The standard InChI is InChI=1S/C21H22N2O3/c1-16-7-5-8-18(13-16)14-21(25)22-11-3-4-12-26-20-10-6-9-19(15-20)23-17(2)24/h5-10,13,15H,11-12,14H2,1-2H3,(H,22,25)(H,23,24). The first-order valence-corrected chi connectivity index (χ1v) is 8.31. The van der Waals surface area contributed by atoms with Gasteiger partial charge in [-0.25, -0.2) is 0 Å². The fourth-order valence-electron chi connectivity index (χ4n) is 2.31. The Morgan fingerprint density at radius 2 is 1.88 bits per heavy atom. The lowest BCUT2D eigenvalue weighted by atomic mass is 10.1. The minimum atomic E-state index is -0.136. The fraction of sp³-hybridized carbons (Fsp3) is 0.238. The van der Waals surface area contributed by atoms with Gasteiger partial charge in [0, 0.05) is 18.7 Å². The minimum Gasteiger partial charge on any atom is -0.481 e. The van der Waals surface area contributed by atoms with Crippen LogP contribution in [0, 0.1) is 18.8 Å². The summed E-state index contributed by atoms with van der Waals surface area (Å²) in [4.78, 5) is 22.9. The number of ether oxygens (including phenoxy) is 1. The van der Waals surface area contributed by atoms with E-state index >= 15 is 0 Å². The molecule has 0 saturated heterocycles. The summed E-state index contributed by atoms with van der Waals surface area (Å²) in [7, 11) is 0. The number of carbonyl (C=O) groups is 2. The number of hydrogen-bond acceptors (Lipinski definition) is 3. The number of aryl methyl sites for hydroxylation is 1. The average molecular weight is 350 g/mol. The highest BCUT2D eigenvalue weighted by Gasteiger charge is 2.01. The molecule has 0 aliphatic heterocycles. The average Bonchev–Trinajstić information content (AvgIpc) is 2.58. The predicted octanol–water partition coefficient (Wildman–Crippen LogP) is 2.69. The summed E-state index contributed by atoms with van der Waals surface area (Å²) in [5.74, 6) is 6.12. The van der Waals surface area contributed by atoms with Gasteiger partial charge in [-0.1, -0.05) is 47.7 Å². The van der Waals surface area contributed by atoms with Crippen LogP contribution in [0.25, 0.3) is 0 Å². The molecule has 0 heterocycles. The van der Waals surface area contributed by atoms with Crippen molar-refractivity contribution in [2.45, 2.75) is 20.3 Å². The Hall–Kier alpha value is -3.26. The van der Waals surface area contributed by atoms with E-state index in [0.29, 0.717) is 17.9 Å². The topological polar surface area (TPSA) is 67.4 Å². The maximum absolute atomic E-state index is 11.9. The van der Waals surface area contributed by atoms with Crippen LogP contribution in [0.3, 0.4) is 0 Å². The van der Waals surface area contributed by atoms with Crippen LogP contribution in [-0.4, -0.2) is 25.0 Å². The monoisotopic (exact) mass is 350 g/mol. The first kappa shape index (κ1) is 19.1. The molecule has 2 aromatic carbocycles. The maximum atomic E-state index is 11.9. The summed E-state index contributed by atoms with van der Waals surface area (Å²) in [5.41, 5.74) is 2.79. The number of rotatable bonds is 6. The third kappa shape index (κ3) is 7.10. The van der Waals surface area contributed by atoms with Crippen molar-refractivity contribution in [1.29, 1.82) is 0 Å². The summed E-state index contributed by atoms with van der Waals surface area (Å²) >= 11 is 0. The van der Waals surface area contributed by atoms with E-state index in [1.165, 1.54) is 6.92 Å². The van der Waals surface area contributed by atoms with E-state index in [0.717, 1.165) is 11.1 Å². The molecule has 0 aromatic heterocycles. The van der Waals surface area contributed by atoms with Gasteiger partial charge in [-0.3, -0.25) is 9.59 Å². The lowest BCUT2D eigenvalue weighted by Gasteiger charge is -2.05. The number of benzene rings is 2. The number of amides is 2. The van der Waals surface area contributed by atoms with Crippen molar-refractivity contribution in [3.63, 3.8) is 0 Å². The van der Waals surface area contributed by atoms with E-state index in [9.17, 15) is 9.59 Å². The molecule has 2 rings (SSSR count). The maximum Gasteiger partial charge on any atom is 0.225 e. The molecule has 0 radical (unpaired) electrons. The molecule has 2 amide bonds. The molecule has 0 fully saturated rings. The number of hydrogen-bond donors (Lipinski definition) is 2. The van der Waals surface area contributed by atoms with Crippen LogP contribution >= 0.6 is 0 Å². The molecule has 26 heavy (non-hydrogen) atoms. The number of carbonyl (C=O) groups excluding carboxylic acids is 2. The molecule has 5 heteroatoms. The molecular formula is C21H22N2O3. The van der Waals surface area contributed by atoms with Gasteiger partial charge in [0.2, 0.25) is 11.8 Å². The third-order valence-corrected chi connectivity index (χ3v) is 3.41. The Labute approximate surface area is 153 Å². The van der Waals surface area contributed by atoms with Gasteiger partial charge in [0.25, 0.3) is 0 Å². The van der Waals surface area contributed by atoms with E-state index in [-0.39, 0.29) is 25.0 Å². The van der Waals surface area contributed by atoms with Crippen molar-refractivity contribution < 1.29 is 14.3 Å². The minimum absolute atomic E-state index is 0.0613. The summed E-state index contributed by atoms with van der Waals surface area (Å²) in [6.45, 7) is 3.93. The van der Waals surface area contributed by atoms with E-state index in [1.54, 1.807) is 24.3 Å². The molecule has 0 spiro atoms. The molecule has 2 aromatic rings. The Balaban J connectivity index is 1.70. The van der Waals surface area contributed by atoms with Crippen LogP contribution in [0.15, 0.2) is 48.5 Å². The quantitative estimate of drug-likeness (QED) is 0.787. The van der Waals surface area contributed by atoms with Gasteiger partial charge >= 0.3 is 0 Å². The SMILES string of the molecule is CC(=O)Nc1cccc(OCC#CCNC(=O)Cc2cccc(C)c2)c1. The normalized spacial score (nSPS) is 9.62. The van der Waals surface area contributed by atoms with Crippen molar-refractivity contribution in [1.82, 2.24) is 5.32 Å². The molecule has 134 valence electrons. The first-order chi connectivity index (χ1) is 12.5. The zero-order valence-corrected chi connectivity index (χ0v) is 15.0. The lowest BCUT2D eigenvalue weighted by Crippen LogP contribution is -2.25. The summed E-state index contributed by atoms with van der Waals surface area (Å²) in [5, 5.41) is 5.45. The molecule has 0 aliphatic carbocycles. The van der Waals surface area contributed by atoms with Crippen LogP contribution in [0.5, 0.6) is 5.75 Å². The highest BCUT2D eigenvalue weighted by atomic mass is 16.5. The Kier molecular flexibility index (Phi) is 7.26. The Morgan fingerprint density at radius 1 is 1.08 bits per heavy atom. The number of anilines is 1. The van der Waals surface area contributed by atoms with Gasteiger partial charge in [-0.15, -0.1) is 0 Å².